The van der Waals surface area contributed by atoms with Gasteiger partial charge in [0.25, 0.3) is 5.69 Å². The highest BCUT2D eigenvalue weighted by Crippen LogP contribution is 2.26. The van der Waals surface area contributed by atoms with Crippen LogP contribution in [-0.4, -0.2) is 37.0 Å². The van der Waals surface area contributed by atoms with Crippen LogP contribution in [-0.2, 0) is 11.2 Å². The van der Waals surface area contributed by atoms with E-state index in [2.05, 4.69) is 10.3 Å². The molecule has 9 nitrogen and oxygen atoms in total. The first-order valence-corrected chi connectivity index (χ1v) is 6.10. The number of hydrogen-bond acceptors (Lipinski definition) is 6. The first-order chi connectivity index (χ1) is 9.88. The van der Waals surface area contributed by atoms with Crippen LogP contribution in [0, 0.1) is 10.1 Å². The van der Waals surface area contributed by atoms with Gasteiger partial charge in [-0.25, -0.2) is 4.68 Å². The molecular formula is C11H10ClN5O4. The molecule has 0 aliphatic rings. The van der Waals surface area contributed by atoms with Gasteiger partial charge < -0.3 is 10.8 Å². The van der Waals surface area contributed by atoms with Crippen LogP contribution in [0.1, 0.15) is 5.69 Å². The fraction of sp³-hybridized carbons (Fsp3) is 0.182. The van der Waals surface area contributed by atoms with Gasteiger partial charge in [0.1, 0.15) is 11.1 Å². The Hall–Kier alpha value is -2.52. The van der Waals surface area contributed by atoms with Crippen LogP contribution in [0.2, 0.25) is 5.02 Å². The Morgan fingerprint density at radius 3 is 2.86 bits per heavy atom. The summed E-state index contributed by atoms with van der Waals surface area (Å²) in [6.45, 7) is 0. The molecule has 10 heteroatoms. The van der Waals surface area contributed by atoms with Crippen molar-refractivity contribution in [1.29, 1.82) is 0 Å². The van der Waals surface area contributed by atoms with E-state index in [-0.39, 0.29) is 17.1 Å². The smallest absolute Gasteiger partial charge is 0.320 e. The molecule has 1 atom stereocenters. The summed E-state index contributed by atoms with van der Waals surface area (Å²) < 4.78 is 1.33. The number of hydrogen-bond donors (Lipinski definition) is 2. The highest BCUT2D eigenvalue weighted by molar-refractivity contribution is 6.32. The minimum absolute atomic E-state index is 0.0239. The summed E-state index contributed by atoms with van der Waals surface area (Å²) in [7, 11) is 0. The molecule has 0 saturated heterocycles. The molecule has 2 aromatic rings. The Balaban J connectivity index is 2.23. The standard InChI is InChI=1S/C11H10ClN5O4/c12-8-4-7(1-2-10(8)17(20)21)16-5-6(14-15-16)3-9(13)11(18)19/h1-2,4-5,9H,3,13H2,(H,18,19). The number of nitro benzene ring substituents is 1. The molecule has 21 heavy (non-hydrogen) atoms. The number of nitrogens with two attached hydrogens (primary N) is 1. The van der Waals surface area contributed by atoms with Crippen molar-refractivity contribution in [2.24, 2.45) is 5.73 Å². The first-order valence-electron chi connectivity index (χ1n) is 5.72. The maximum absolute atomic E-state index is 10.7. The van der Waals surface area contributed by atoms with Gasteiger partial charge in [0.05, 0.1) is 22.5 Å². The maximum Gasteiger partial charge on any atom is 0.320 e. The summed E-state index contributed by atoms with van der Waals surface area (Å²) in [5, 5.41) is 27.0. The van der Waals surface area contributed by atoms with Crippen molar-refractivity contribution in [1.82, 2.24) is 15.0 Å². The molecule has 0 radical (unpaired) electrons. The van der Waals surface area contributed by atoms with E-state index < -0.39 is 16.9 Å². The minimum Gasteiger partial charge on any atom is -0.480 e. The predicted molar refractivity (Wildman–Crippen MR) is 72.3 cm³/mol. The lowest BCUT2D eigenvalue weighted by Gasteiger charge is -2.02. The van der Waals surface area contributed by atoms with Crippen molar-refractivity contribution in [3.63, 3.8) is 0 Å². The number of carboxylic acid groups (broad SMARTS) is 1. The van der Waals surface area contributed by atoms with Gasteiger partial charge in [-0.1, -0.05) is 16.8 Å². The lowest BCUT2D eigenvalue weighted by atomic mass is 10.2. The van der Waals surface area contributed by atoms with Gasteiger partial charge in [-0.15, -0.1) is 5.10 Å². The summed E-state index contributed by atoms with van der Waals surface area (Å²) in [5.74, 6) is -1.14. The van der Waals surface area contributed by atoms with E-state index in [9.17, 15) is 14.9 Å². The molecule has 110 valence electrons. The van der Waals surface area contributed by atoms with E-state index >= 15 is 0 Å². The topological polar surface area (TPSA) is 137 Å². The number of aromatic nitrogens is 3. The maximum atomic E-state index is 10.7. The molecule has 2 rings (SSSR count). The number of carbonyl (C=O) groups is 1. The Kier molecular flexibility index (Phi) is 4.15. The summed E-state index contributed by atoms with van der Waals surface area (Å²) in [4.78, 5) is 20.7. The van der Waals surface area contributed by atoms with Crippen LogP contribution >= 0.6 is 11.6 Å². The number of carboxylic acids is 1. The van der Waals surface area contributed by atoms with Crippen molar-refractivity contribution in [2.45, 2.75) is 12.5 Å². The lowest BCUT2D eigenvalue weighted by Crippen LogP contribution is -2.32. The molecule has 0 fully saturated rings. The van der Waals surface area contributed by atoms with Gasteiger partial charge in [0.2, 0.25) is 0 Å². The van der Waals surface area contributed by atoms with Crippen molar-refractivity contribution in [3.8, 4) is 5.69 Å². The number of benzene rings is 1. The summed E-state index contributed by atoms with van der Waals surface area (Å²) in [6.07, 6.45) is 1.51. The predicted octanol–water partition coefficient (Wildman–Crippen LogP) is 0.783. The second kappa shape index (κ2) is 5.85. The van der Waals surface area contributed by atoms with Crippen LogP contribution in [0.3, 0.4) is 0 Å². The summed E-state index contributed by atoms with van der Waals surface area (Å²) >= 11 is 5.81. The molecule has 1 heterocycles. The zero-order chi connectivity index (χ0) is 15.6. The van der Waals surface area contributed by atoms with Crippen LogP contribution in [0.25, 0.3) is 5.69 Å². The van der Waals surface area contributed by atoms with Crippen molar-refractivity contribution in [2.75, 3.05) is 0 Å². The van der Waals surface area contributed by atoms with Crippen LogP contribution in [0.5, 0.6) is 0 Å². The molecule has 3 N–H and O–H groups in total. The molecule has 0 aliphatic carbocycles. The van der Waals surface area contributed by atoms with Gasteiger partial charge >= 0.3 is 5.97 Å². The van der Waals surface area contributed by atoms with E-state index in [0.29, 0.717) is 11.4 Å². The Bertz CT molecular complexity index is 702. The Morgan fingerprint density at radius 2 is 2.29 bits per heavy atom. The van der Waals surface area contributed by atoms with E-state index in [4.69, 9.17) is 22.4 Å². The average molecular weight is 312 g/mol. The normalized spacial score (nSPS) is 12.1. The van der Waals surface area contributed by atoms with Gasteiger partial charge in [0, 0.05) is 12.5 Å². The highest BCUT2D eigenvalue weighted by Gasteiger charge is 2.16. The molecule has 0 spiro atoms. The number of nitrogens with zero attached hydrogens (tertiary/aromatic N) is 4. The largest absolute Gasteiger partial charge is 0.480 e. The molecule has 0 aliphatic heterocycles. The number of nitro groups is 1. The van der Waals surface area contributed by atoms with Gasteiger partial charge in [-0.05, 0) is 12.1 Å². The van der Waals surface area contributed by atoms with E-state index in [1.807, 2.05) is 0 Å². The first kappa shape index (κ1) is 14.9. The van der Waals surface area contributed by atoms with E-state index in [1.165, 1.54) is 29.1 Å². The monoisotopic (exact) mass is 311 g/mol. The van der Waals surface area contributed by atoms with Gasteiger partial charge in [-0.3, -0.25) is 14.9 Å². The van der Waals surface area contributed by atoms with E-state index in [1.54, 1.807) is 0 Å². The fourth-order valence-corrected chi connectivity index (χ4v) is 1.86. The lowest BCUT2D eigenvalue weighted by molar-refractivity contribution is -0.384. The van der Waals surface area contributed by atoms with Crippen LogP contribution in [0.15, 0.2) is 24.4 Å². The zero-order valence-corrected chi connectivity index (χ0v) is 11.3. The number of halogens is 1. The third kappa shape index (κ3) is 3.33. The van der Waals surface area contributed by atoms with Gasteiger partial charge in [-0.2, -0.15) is 0 Å². The summed E-state index contributed by atoms with van der Waals surface area (Å²) in [5.41, 5.74) is 6.04. The molecule has 1 aromatic carbocycles. The molecule has 1 unspecified atom stereocenters. The second-order valence-electron chi connectivity index (χ2n) is 4.20. The summed E-state index contributed by atoms with van der Waals surface area (Å²) in [6, 6.07) is 3.01. The highest BCUT2D eigenvalue weighted by atomic mass is 35.5. The van der Waals surface area contributed by atoms with Crippen molar-refractivity contribution >= 4 is 23.3 Å². The van der Waals surface area contributed by atoms with Crippen molar-refractivity contribution in [3.05, 3.63) is 45.2 Å². The zero-order valence-electron chi connectivity index (χ0n) is 10.5. The second-order valence-corrected chi connectivity index (χ2v) is 4.60. The Morgan fingerprint density at radius 1 is 1.57 bits per heavy atom. The average Bonchev–Trinajstić information content (AvgIpc) is 2.86. The molecule has 0 bridgehead atoms. The molecular weight excluding hydrogens is 302 g/mol. The SMILES string of the molecule is NC(Cc1cn(-c2ccc([N+](=O)[O-])c(Cl)c2)nn1)C(=O)O. The van der Waals surface area contributed by atoms with Gasteiger partial charge in [0.15, 0.2) is 0 Å². The molecule has 0 saturated carbocycles. The minimum atomic E-state index is -1.14. The third-order valence-corrected chi connectivity index (χ3v) is 2.98. The number of aliphatic carboxylic acids is 1. The van der Waals surface area contributed by atoms with Crippen LogP contribution in [0.4, 0.5) is 5.69 Å². The fourth-order valence-electron chi connectivity index (χ4n) is 1.62. The number of rotatable bonds is 5. The van der Waals surface area contributed by atoms with Crippen molar-refractivity contribution < 1.29 is 14.8 Å². The molecule has 1 aromatic heterocycles. The molecule has 0 amide bonds. The Labute approximate surface area is 123 Å². The van der Waals surface area contributed by atoms with E-state index in [0.717, 1.165) is 0 Å². The third-order valence-electron chi connectivity index (χ3n) is 2.68. The quantitative estimate of drug-likeness (QED) is 0.614. The van der Waals surface area contributed by atoms with Crippen LogP contribution < -0.4 is 5.73 Å².